The van der Waals surface area contributed by atoms with E-state index in [4.69, 9.17) is 0 Å². The molecular weight excluding hydrogens is 296 g/mol. The van der Waals surface area contributed by atoms with Crippen molar-refractivity contribution in [3.63, 3.8) is 0 Å². The predicted molar refractivity (Wildman–Crippen MR) is 73.7 cm³/mol. The van der Waals surface area contributed by atoms with Crippen LogP contribution < -0.4 is 5.32 Å². The van der Waals surface area contributed by atoms with Crippen LogP contribution in [0.25, 0.3) is 0 Å². The van der Waals surface area contributed by atoms with Gasteiger partial charge in [0, 0.05) is 23.3 Å². The number of amides is 1. The summed E-state index contributed by atoms with van der Waals surface area (Å²) in [4.78, 5) is 12.1. The number of halogens is 1. The normalized spacial score (nSPS) is 16.6. The van der Waals surface area contributed by atoms with Gasteiger partial charge < -0.3 is 15.0 Å². The molecule has 100 valence electrons. The average molecular weight is 315 g/mol. The molecule has 4 nitrogen and oxygen atoms in total. The zero-order chi connectivity index (χ0) is 13.1. The van der Waals surface area contributed by atoms with Gasteiger partial charge in [-0.15, -0.1) is 0 Å². The van der Waals surface area contributed by atoms with Crippen molar-refractivity contribution in [2.45, 2.75) is 44.8 Å². The maximum Gasteiger partial charge on any atom is 0.268 e. The van der Waals surface area contributed by atoms with Crippen molar-refractivity contribution in [2.24, 2.45) is 0 Å². The highest BCUT2D eigenvalue weighted by atomic mass is 79.9. The molecule has 0 spiro atoms. The molecule has 2 rings (SSSR count). The van der Waals surface area contributed by atoms with Gasteiger partial charge in [-0.05, 0) is 41.3 Å². The first-order chi connectivity index (χ1) is 8.61. The van der Waals surface area contributed by atoms with E-state index in [2.05, 4.69) is 21.2 Å². The minimum absolute atomic E-state index is 0.109. The molecule has 1 fully saturated rings. The number of aromatic nitrogens is 1. The standard InChI is InChI=1S/C13H19BrN2O2/c1-2-3-11(17)7-15-13(18)12-6-9(14)8-16(12)10-4-5-10/h6,8,10-11,17H,2-5,7H2,1H3,(H,15,18). The average Bonchev–Trinajstić information content (AvgIpc) is 3.10. The Balaban J connectivity index is 1.96. The number of nitrogens with zero attached hydrogens (tertiary/aromatic N) is 1. The third kappa shape index (κ3) is 3.36. The number of nitrogens with one attached hydrogen (secondary N) is 1. The largest absolute Gasteiger partial charge is 0.391 e. The monoisotopic (exact) mass is 314 g/mol. The molecule has 1 aliphatic carbocycles. The molecule has 2 N–H and O–H groups in total. The lowest BCUT2D eigenvalue weighted by Crippen LogP contribution is -2.33. The van der Waals surface area contributed by atoms with Gasteiger partial charge in [0.15, 0.2) is 0 Å². The summed E-state index contributed by atoms with van der Waals surface area (Å²) < 4.78 is 2.94. The molecule has 1 atom stereocenters. The molecule has 18 heavy (non-hydrogen) atoms. The van der Waals surface area contributed by atoms with Gasteiger partial charge in [-0.3, -0.25) is 4.79 Å². The van der Waals surface area contributed by atoms with Crippen LogP contribution in [0.1, 0.15) is 49.1 Å². The quantitative estimate of drug-likeness (QED) is 0.847. The molecule has 1 amide bonds. The number of aliphatic hydroxyl groups is 1. The molecule has 1 heterocycles. The van der Waals surface area contributed by atoms with Gasteiger partial charge in [-0.25, -0.2) is 0 Å². The molecule has 0 aliphatic heterocycles. The van der Waals surface area contributed by atoms with Crippen molar-refractivity contribution in [1.29, 1.82) is 0 Å². The summed E-state index contributed by atoms with van der Waals surface area (Å²) >= 11 is 3.40. The first-order valence-electron chi connectivity index (χ1n) is 6.45. The van der Waals surface area contributed by atoms with E-state index in [1.807, 2.05) is 23.8 Å². The van der Waals surface area contributed by atoms with E-state index >= 15 is 0 Å². The van der Waals surface area contributed by atoms with Crippen molar-refractivity contribution >= 4 is 21.8 Å². The van der Waals surface area contributed by atoms with Crippen molar-refractivity contribution in [2.75, 3.05) is 6.54 Å². The fourth-order valence-corrected chi connectivity index (χ4v) is 2.46. The highest BCUT2D eigenvalue weighted by Crippen LogP contribution is 2.37. The van der Waals surface area contributed by atoms with Crippen molar-refractivity contribution in [3.8, 4) is 0 Å². The molecule has 1 aliphatic rings. The zero-order valence-corrected chi connectivity index (χ0v) is 12.1. The van der Waals surface area contributed by atoms with E-state index in [1.165, 1.54) is 0 Å². The van der Waals surface area contributed by atoms with Gasteiger partial charge in [0.2, 0.25) is 0 Å². The number of carbonyl (C=O) groups excluding carboxylic acids is 1. The van der Waals surface area contributed by atoms with Gasteiger partial charge >= 0.3 is 0 Å². The maximum atomic E-state index is 12.1. The van der Waals surface area contributed by atoms with Crippen LogP contribution in [0.3, 0.4) is 0 Å². The number of carbonyl (C=O) groups is 1. The Morgan fingerprint density at radius 1 is 1.67 bits per heavy atom. The molecule has 0 aromatic carbocycles. The molecule has 1 aromatic heterocycles. The van der Waals surface area contributed by atoms with Gasteiger partial charge in [0.05, 0.1) is 6.10 Å². The highest BCUT2D eigenvalue weighted by molar-refractivity contribution is 9.10. The number of rotatable bonds is 6. The van der Waals surface area contributed by atoms with Crippen molar-refractivity contribution < 1.29 is 9.90 Å². The van der Waals surface area contributed by atoms with Gasteiger partial charge in [0.25, 0.3) is 5.91 Å². The van der Waals surface area contributed by atoms with E-state index in [1.54, 1.807) is 0 Å². The Morgan fingerprint density at radius 3 is 3.00 bits per heavy atom. The van der Waals surface area contributed by atoms with Crippen LogP contribution in [0.15, 0.2) is 16.7 Å². The molecule has 1 aromatic rings. The number of hydrogen-bond donors (Lipinski definition) is 2. The lowest BCUT2D eigenvalue weighted by molar-refractivity contribution is 0.0901. The second-order valence-electron chi connectivity index (χ2n) is 4.83. The summed E-state index contributed by atoms with van der Waals surface area (Å²) in [6.45, 7) is 2.33. The van der Waals surface area contributed by atoms with Crippen LogP contribution in [-0.4, -0.2) is 28.2 Å². The summed E-state index contributed by atoms with van der Waals surface area (Å²) in [5, 5.41) is 12.4. The molecule has 1 saturated carbocycles. The molecular formula is C13H19BrN2O2. The van der Waals surface area contributed by atoms with Crippen molar-refractivity contribution in [3.05, 3.63) is 22.4 Å². The molecule has 0 bridgehead atoms. The van der Waals surface area contributed by atoms with Crippen LogP contribution >= 0.6 is 15.9 Å². The maximum absolute atomic E-state index is 12.1. The minimum Gasteiger partial charge on any atom is -0.391 e. The second kappa shape index (κ2) is 5.89. The Morgan fingerprint density at radius 2 is 2.39 bits per heavy atom. The van der Waals surface area contributed by atoms with Crippen LogP contribution in [0, 0.1) is 0 Å². The van der Waals surface area contributed by atoms with Crippen LogP contribution in [0.5, 0.6) is 0 Å². The summed E-state index contributed by atoms with van der Waals surface area (Å²) in [5.74, 6) is -0.109. The predicted octanol–water partition coefficient (Wildman–Crippen LogP) is 2.48. The van der Waals surface area contributed by atoms with Gasteiger partial charge in [0.1, 0.15) is 5.69 Å². The topological polar surface area (TPSA) is 54.3 Å². The lowest BCUT2D eigenvalue weighted by atomic mass is 10.2. The van der Waals surface area contributed by atoms with Gasteiger partial charge in [-0.2, -0.15) is 0 Å². The minimum atomic E-state index is -0.452. The number of hydrogen-bond acceptors (Lipinski definition) is 2. The zero-order valence-electron chi connectivity index (χ0n) is 10.5. The second-order valence-corrected chi connectivity index (χ2v) is 5.75. The summed E-state index contributed by atoms with van der Waals surface area (Å²) in [6.07, 6.45) is 5.41. The molecule has 0 saturated heterocycles. The summed E-state index contributed by atoms with van der Waals surface area (Å²) in [7, 11) is 0. The Kier molecular flexibility index (Phi) is 4.45. The SMILES string of the molecule is CCCC(O)CNC(=O)c1cc(Br)cn1C1CC1. The van der Waals surface area contributed by atoms with E-state index < -0.39 is 6.10 Å². The van der Waals surface area contributed by atoms with E-state index in [9.17, 15) is 9.90 Å². The van der Waals surface area contributed by atoms with Gasteiger partial charge in [-0.1, -0.05) is 13.3 Å². The highest BCUT2D eigenvalue weighted by Gasteiger charge is 2.27. The number of aliphatic hydroxyl groups excluding tert-OH is 1. The third-order valence-corrected chi connectivity index (χ3v) is 3.54. The van der Waals surface area contributed by atoms with Crippen LogP contribution in [-0.2, 0) is 0 Å². The smallest absolute Gasteiger partial charge is 0.268 e. The van der Waals surface area contributed by atoms with Crippen LogP contribution in [0.4, 0.5) is 0 Å². The van der Waals surface area contributed by atoms with Crippen LogP contribution in [0.2, 0.25) is 0 Å². The fourth-order valence-electron chi connectivity index (χ4n) is 2.02. The fraction of sp³-hybridized carbons (Fsp3) is 0.615. The molecule has 5 heteroatoms. The van der Waals surface area contributed by atoms with E-state index in [-0.39, 0.29) is 5.91 Å². The third-order valence-electron chi connectivity index (χ3n) is 3.11. The molecule has 0 radical (unpaired) electrons. The first-order valence-corrected chi connectivity index (χ1v) is 7.24. The lowest BCUT2D eigenvalue weighted by Gasteiger charge is -2.12. The molecule has 1 unspecified atom stereocenters. The Labute approximate surface area is 116 Å². The summed E-state index contributed by atoms with van der Waals surface area (Å²) in [6, 6.07) is 2.30. The van der Waals surface area contributed by atoms with Crippen molar-refractivity contribution in [1.82, 2.24) is 9.88 Å². The summed E-state index contributed by atoms with van der Waals surface area (Å²) in [5.41, 5.74) is 0.674. The first kappa shape index (κ1) is 13.6. The van der Waals surface area contributed by atoms with E-state index in [0.717, 1.165) is 23.7 Å². The Bertz CT molecular complexity index is 427. The Hall–Kier alpha value is -0.810. The van der Waals surface area contributed by atoms with E-state index in [0.29, 0.717) is 24.7 Å².